The molecule has 0 aliphatic rings. The van der Waals surface area contributed by atoms with Gasteiger partial charge in [-0.15, -0.1) is 13.0 Å². The molecule has 4 rings (SSSR count). The van der Waals surface area contributed by atoms with Crippen molar-refractivity contribution in [2.24, 2.45) is 9.98 Å². The van der Waals surface area contributed by atoms with Crippen LogP contribution in [-0.4, -0.2) is 133 Å². The molecule has 0 aliphatic heterocycles. The molecule has 0 aliphatic carbocycles. The lowest BCUT2D eigenvalue weighted by Gasteiger charge is -2.12. The molecule has 2 heterocycles. The van der Waals surface area contributed by atoms with Crippen LogP contribution in [0.5, 0.6) is 0 Å². The lowest BCUT2D eigenvalue weighted by Crippen LogP contribution is -2.19. The highest BCUT2D eigenvalue weighted by atomic mass is 32.2. The molecule has 0 saturated carbocycles. The average molecular weight is 1020 g/mol. The van der Waals surface area contributed by atoms with Crippen LogP contribution in [0, 0.1) is 0 Å². The van der Waals surface area contributed by atoms with Crippen molar-refractivity contribution in [1.29, 1.82) is 0 Å². The van der Waals surface area contributed by atoms with E-state index in [0.717, 1.165) is 6.07 Å². The van der Waals surface area contributed by atoms with Gasteiger partial charge in [-0.25, -0.2) is 25.8 Å². The second-order valence-electron chi connectivity index (χ2n) is 11.3. The average Bonchev–Trinajstić information content (AvgIpc) is 3.21. The van der Waals surface area contributed by atoms with Gasteiger partial charge in [-0.05, 0) is 35.4 Å². The van der Waals surface area contributed by atoms with Gasteiger partial charge < -0.3 is 21.3 Å². The Morgan fingerprint density at radius 3 is 1.56 bits per heavy atom. The third-order valence-electron chi connectivity index (χ3n) is 6.80. The summed E-state index contributed by atoms with van der Waals surface area (Å²) in [6.45, 7) is -0.668. The molecule has 36 heteroatoms. The molecule has 0 bridgehead atoms. The number of nitrogens with zero attached hydrogens (tertiary/aromatic N) is 8. The first-order chi connectivity index (χ1) is 30.4. The molecule has 0 amide bonds. The number of hydrogen-bond acceptors (Lipinski definition) is 30. The maximum absolute atomic E-state index is 12.6. The van der Waals surface area contributed by atoms with Gasteiger partial charge in [-0.1, -0.05) is 39.4 Å². The minimum Gasteiger partial charge on any atom is -0.353 e. The molecule has 4 aromatic rings. The summed E-state index contributed by atoms with van der Waals surface area (Å²) in [6, 6.07) is 8.28. The van der Waals surface area contributed by atoms with Crippen molar-refractivity contribution in [2.45, 2.75) is 9.79 Å². The summed E-state index contributed by atoms with van der Waals surface area (Å²) < 4.78 is 111. The van der Waals surface area contributed by atoms with Crippen LogP contribution in [0.15, 0.2) is 56.2 Å². The summed E-state index contributed by atoms with van der Waals surface area (Å²) in [5.74, 6) is -2.35. The normalized spacial score (nSPS) is 12.4. The van der Waals surface area contributed by atoms with Gasteiger partial charge in [-0.3, -0.25) is 13.7 Å². The SMILES string of the molecule is O=S(=O)(O)CCNc1nc(NCCS(=O)(=O)O)nc(Nc2ccc(C=Cc3ccc(Nc4nc(/N=C\CSOOO)nc(/N=C/CSOOO)n4)cc3S(=O)(=O)O)c(SOOO)c2)n1. The molecule has 348 valence electrons. The van der Waals surface area contributed by atoms with E-state index in [-0.39, 0.29) is 82.1 Å². The summed E-state index contributed by atoms with van der Waals surface area (Å²) in [5, 5.41) is 46.9. The Kier molecular flexibility index (Phi) is 20.7. The van der Waals surface area contributed by atoms with Gasteiger partial charge >= 0.3 is 0 Å². The zero-order chi connectivity index (χ0) is 46.6. The van der Waals surface area contributed by atoms with Crippen molar-refractivity contribution in [2.75, 3.05) is 57.4 Å². The third kappa shape index (κ3) is 19.5. The van der Waals surface area contributed by atoms with Crippen molar-refractivity contribution in [3.8, 4) is 0 Å². The van der Waals surface area contributed by atoms with E-state index in [4.69, 9.17) is 24.9 Å². The number of rotatable bonds is 28. The molecule has 10 N–H and O–H groups in total. The smallest absolute Gasteiger partial charge is 0.295 e. The number of aromatic nitrogens is 6. The summed E-state index contributed by atoms with van der Waals surface area (Å²) in [5.41, 5.74) is 0.647. The molecule has 2 aromatic carbocycles. The lowest BCUT2D eigenvalue weighted by atomic mass is 10.1. The Hall–Kier alpha value is -4.84. The Labute approximate surface area is 373 Å². The van der Waals surface area contributed by atoms with Crippen LogP contribution in [0.4, 0.5) is 47.1 Å². The van der Waals surface area contributed by atoms with Crippen molar-refractivity contribution >= 4 is 138 Å². The van der Waals surface area contributed by atoms with Crippen LogP contribution in [0.3, 0.4) is 0 Å². The fraction of sp³-hybridized carbons (Fsp3) is 0.214. The quantitative estimate of drug-likeness (QED) is 0.00739. The van der Waals surface area contributed by atoms with Gasteiger partial charge in [0, 0.05) is 65.9 Å². The van der Waals surface area contributed by atoms with Crippen LogP contribution in [0.2, 0.25) is 0 Å². The summed E-state index contributed by atoms with van der Waals surface area (Å²) >= 11 is 1.86. The number of benzene rings is 2. The molecule has 0 atom stereocenters. The number of nitrogens with one attached hydrogen (secondary N) is 4. The van der Waals surface area contributed by atoms with Gasteiger partial charge in [-0.2, -0.15) is 55.2 Å². The van der Waals surface area contributed by atoms with E-state index in [1.165, 1.54) is 54.9 Å². The second-order valence-corrected chi connectivity index (χ2v) is 17.9. The Balaban J connectivity index is 1.62. The highest BCUT2D eigenvalue weighted by Gasteiger charge is 2.17. The molecule has 0 radical (unpaired) electrons. The summed E-state index contributed by atoms with van der Waals surface area (Å²) in [7, 11) is -13.6. The zero-order valence-corrected chi connectivity index (χ0v) is 36.5. The van der Waals surface area contributed by atoms with Crippen molar-refractivity contribution < 1.29 is 82.8 Å². The summed E-state index contributed by atoms with van der Waals surface area (Å²) in [4.78, 5) is 32.4. The van der Waals surface area contributed by atoms with Gasteiger partial charge in [0.05, 0.1) is 35.1 Å². The predicted molar refractivity (Wildman–Crippen MR) is 229 cm³/mol. The molecule has 0 spiro atoms. The fourth-order valence-electron chi connectivity index (χ4n) is 4.38. The van der Waals surface area contributed by atoms with Gasteiger partial charge in [0.2, 0.25) is 23.8 Å². The molecule has 2 aromatic heterocycles. The van der Waals surface area contributed by atoms with Crippen LogP contribution < -0.4 is 21.3 Å². The van der Waals surface area contributed by atoms with E-state index in [1.807, 2.05) is 0 Å². The maximum atomic E-state index is 12.6. The van der Waals surface area contributed by atoms with E-state index in [1.54, 1.807) is 0 Å². The van der Waals surface area contributed by atoms with Crippen LogP contribution in [0.25, 0.3) is 12.2 Å². The van der Waals surface area contributed by atoms with Crippen molar-refractivity contribution in [1.82, 2.24) is 29.9 Å². The fourth-order valence-corrected chi connectivity index (χ4v) is 6.79. The first-order valence-corrected chi connectivity index (χ1v) is 23.9. The number of anilines is 6. The van der Waals surface area contributed by atoms with Gasteiger partial charge in [0.15, 0.2) is 0 Å². The van der Waals surface area contributed by atoms with Crippen LogP contribution in [-0.2, 0) is 58.5 Å². The van der Waals surface area contributed by atoms with E-state index in [0.29, 0.717) is 41.7 Å². The predicted octanol–water partition coefficient (Wildman–Crippen LogP) is 3.53. The standard InChI is InChI=1S/C28H32N12O18S6/c41-53-56-59-11-7-29-23-35-24(30-8-12-60-57-54-42)38-28(37-23)34-20-6-4-18(22(16-20)64(50,51)52)2-1-17-3-5-19(15-21(17)61-58-55-43)33-27-39-25(31-9-13-62(44,45)46)36-26(40-27)32-10-14-63(47,48)49/h1-8,15-16,41-43H,9-14H2,(H,44,45,46)(H,47,48,49)(H,50,51,52)(H,34,35,37,38)(H3,31,32,33,36,39,40)/b2-1?,29-7-,30-8+. The first-order valence-electron chi connectivity index (χ1n) is 16.7. The third-order valence-corrected chi connectivity index (χ3v) is 10.7. The molecule has 0 saturated heterocycles. The molecular weight excluding hydrogens is 985 g/mol. The Bertz CT molecular complexity index is 2520. The molecule has 0 unspecified atom stereocenters. The number of aliphatic imine (C=N–C) groups is 2. The molecule has 30 nitrogen and oxygen atoms in total. The topological polar surface area (TPSA) is 429 Å². The van der Waals surface area contributed by atoms with Crippen LogP contribution >= 0.6 is 36.1 Å². The minimum atomic E-state index is -4.89. The van der Waals surface area contributed by atoms with Gasteiger partial charge in [0.1, 0.15) is 4.90 Å². The summed E-state index contributed by atoms with van der Waals surface area (Å²) in [6.07, 6.45) is 5.35. The Morgan fingerprint density at radius 1 is 0.594 bits per heavy atom. The minimum absolute atomic E-state index is 0.0110. The highest BCUT2D eigenvalue weighted by Crippen LogP contribution is 2.31. The Morgan fingerprint density at radius 2 is 1.06 bits per heavy atom. The van der Waals surface area contributed by atoms with E-state index < -0.39 is 46.8 Å². The second kappa shape index (κ2) is 25.6. The van der Waals surface area contributed by atoms with Crippen molar-refractivity contribution in [3.63, 3.8) is 0 Å². The van der Waals surface area contributed by atoms with E-state index >= 15 is 0 Å². The van der Waals surface area contributed by atoms with E-state index in [9.17, 15) is 29.8 Å². The van der Waals surface area contributed by atoms with Crippen LogP contribution in [0.1, 0.15) is 11.1 Å². The maximum Gasteiger partial charge on any atom is 0.295 e. The highest BCUT2D eigenvalue weighted by molar-refractivity contribution is 7.95. The van der Waals surface area contributed by atoms with E-state index in [2.05, 4.69) is 89.3 Å². The largest absolute Gasteiger partial charge is 0.353 e. The zero-order valence-electron chi connectivity index (χ0n) is 31.6. The van der Waals surface area contributed by atoms with Crippen molar-refractivity contribution in [3.05, 3.63) is 47.5 Å². The molecule has 0 fully saturated rings. The lowest BCUT2D eigenvalue weighted by molar-refractivity contribution is -0.432. The monoisotopic (exact) mass is 1020 g/mol. The first kappa shape index (κ1) is 51.8. The number of hydrogen-bond donors (Lipinski definition) is 10. The van der Waals surface area contributed by atoms with Gasteiger partial charge in [0.25, 0.3) is 42.3 Å². The molecular formula is C28H32N12O18S6. The molecule has 64 heavy (non-hydrogen) atoms.